The lowest BCUT2D eigenvalue weighted by Gasteiger charge is -2.11. The van der Waals surface area contributed by atoms with Crippen LogP contribution >= 0.6 is 23.2 Å². The van der Waals surface area contributed by atoms with Crippen LogP contribution in [0.2, 0.25) is 10.0 Å². The van der Waals surface area contributed by atoms with E-state index in [-0.39, 0.29) is 15.6 Å². The molecule has 0 saturated heterocycles. The Morgan fingerprint density at radius 1 is 1.07 bits per heavy atom. The summed E-state index contributed by atoms with van der Waals surface area (Å²) in [7, 11) is 1.76. The number of nitrogens with zero attached hydrogens (tertiary/aromatic N) is 3. The molecule has 1 amide bonds. The van der Waals surface area contributed by atoms with Crippen LogP contribution < -0.4 is 16.0 Å². The molecular weight excluding hydrogens is 399 g/mol. The number of hydrogen-bond acceptors (Lipinski definition) is 6. The first-order valence-electron chi connectivity index (χ1n) is 8.54. The van der Waals surface area contributed by atoms with Gasteiger partial charge in [0.05, 0.1) is 15.6 Å². The Balaban J connectivity index is 1.80. The zero-order chi connectivity index (χ0) is 20.1. The van der Waals surface area contributed by atoms with Gasteiger partial charge in [-0.2, -0.15) is 4.98 Å². The summed E-state index contributed by atoms with van der Waals surface area (Å²) in [5.74, 6) is 1.23. The van der Waals surface area contributed by atoms with Gasteiger partial charge in [0.15, 0.2) is 0 Å². The highest BCUT2D eigenvalue weighted by Crippen LogP contribution is 2.26. The third kappa shape index (κ3) is 4.68. The number of nitrogens with one attached hydrogen (secondary N) is 3. The van der Waals surface area contributed by atoms with Crippen molar-refractivity contribution in [1.82, 2.24) is 15.0 Å². The van der Waals surface area contributed by atoms with Crippen LogP contribution in [0.15, 0.2) is 42.6 Å². The van der Waals surface area contributed by atoms with Gasteiger partial charge in [0.1, 0.15) is 11.6 Å². The van der Waals surface area contributed by atoms with Gasteiger partial charge in [-0.3, -0.25) is 4.79 Å². The quantitative estimate of drug-likeness (QED) is 0.535. The number of amides is 1. The predicted octanol–water partition coefficient (Wildman–Crippen LogP) is 4.78. The number of benzene rings is 1. The number of aryl methyl sites for hydroxylation is 1. The van der Waals surface area contributed by atoms with Crippen molar-refractivity contribution in [2.45, 2.75) is 13.3 Å². The molecular formula is C19H18Cl2N6O. The monoisotopic (exact) mass is 416 g/mol. The van der Waals surface area contributed by atoms with Gasteiger partial charge >= 0.3 is 0 Å². The van der Waals surface area contributed by atoms with Crippen molar-refractivity contribution >= 4 is 52.4 Å². The third-order valence-electron chi connectivity index (χ3n) is 3.83. The number of hydrogen-bond donors (Lipinski definition) is 3. The van der Waals surface area contributed by atoms with Crippen LogP contribution in [0.25, 0.3) is 0 Å². The van der Waals surface area contributed by atoms with E-state index in [2.05, 4.69) is 30.9 Å². The van der Waals surface area contributed by atoms with Gasteiger partial charge in [-0.1, -0.05) is 36.2 Å². The van der Waals surface area contributed by atoms with E-state index in [1.54, 1.807) is 43.6 Å². The van der Waals surface area contributed by atoms with Crippen molar-refractivity contribution in [1.29, 1.82) is 0 Å². The Bertz CT molecular complexity index is 969. The Hall–Kier alpha value is -2.90. The lowest BCUT2D eigenvalue weighted by Crippen LogP contribution is -2.13. The predicted molar refractivity (Wildman–Crippen MR) is 113 cm³/mol. The van der Waals surface area contributed by atoms with Crippen molar-refractivity contribution in [2.75, 3.05) is 23.0 Å². The molecule has 0 radical (unpaired) electrons. The number of anilines is 4. The lowest BCUT2D eigenvalue weighted by atomic mass is 10.2. The van der Waals surface area contributed by atoms with Crippen LogP contribution in [0.5, 0.6) is 0 Å². The highest BCUT2D eigenvalue weighted by Gasteiger charge is 2.15. The van der Waals surface area contributed by atoms with Crippen LogP contribution in [-0.4, -0.2) is 27.9 Å². The standard InChI is InChI=1S/C19H18Cl2N6O/c1-3-11-9-16(27-19(22-2)25-11)26-15-10-12(7-8-23-15)24-18(28)17-13(20)5-4-6-14(17)21/h4-10H,3H2,1-2H3,(H3,22,23,24,25,26,27,28). The molecule has 2 aromatic heterocycles. The number of pyridine rings is 1. The fourth-order valence-corrected chi connectivity index (χ4v) is 3.04. The smallest absolute Gasteiger partial charge is 0.258 e. The number of rotatable bonds is 6. The van der Waals surface area contributed by atoms with Crippen molar-refractivity contribution in [3.8, 4) is 0 Å². The van der Waals surface area contributed by atoms with E-state index < -0.39 is 5.91 Å². The Morgan fingerprint density at radius 2 is 1.82 bits per heavy atom. The first kappa shape index (κ1) is 19.9. The second kappa shape index (κ2) is 8.86. The lowest BCUT2D eigenvalue weighted by molar-refractivity contribution is 0.102. The molecule has 3 rings (SSSR count). The summed E-state index contributed by atoms with van der Waals surface area (Å²) in [5, 5.41) is 9.40. The number of aromatic nitrogens is 3. The summed E-state index contributed by atoms with van der Waals surface area (Å²) in [6.07, 6.45) is 2.35. The van der Waals surface area contributed by atoms with Crippen LogP contribution in [0, 0.1) is 0 Å². The number of carbonyl (C=O) groups excluding carboxylic acids is 1. The minimum absolute atomic E-state index is 0.221. The molecule has 0 spiro atoms. The normalized spacial score (nSPS) is 10.4. The molecule has 7 nitrogen and oxygen atoms in total. The van der Waals surface area contributed by atoms with Crippen molar-refractivity contribution in [2.24, 2.45) is 0 Å². The fourth-order valence-electron chi connectivity index (χ4n) is 2.47. The summed E-state index contributed by atoms with van der Waals surface area (Å²) in [4.78, 5) is 25.5. The Morgan fingerprint density at radius 3 is 2.50 bits per heavy atom. The Labute approximate surface area is 172 Å². The summed E-state index contributed by atoms with van der Waals surface area (Å²) >= 11 is 12.2. The Kier molecular flexibility index (Phi) is 6.28. The number of carbonyl (C=O) groups is 1. The van der Waals surface area contributed by atoms with Crippen molar-refractivity contribution in [3.05, 3.63) is 63.9 Å². The van der Waals surface area contributed by atoms with Gasteiger partial charge in [0.25, 0.3) is 5.91 Å². The molecule has 0 saturated carbocycles. The van der Waals surface area contributed by atoms with Gasteiger partial charge in [-0.15, -0.1) is 0 Å². The topological polar surface area (TPSA) is 91.8 Å². The van der Waals surface area contributed by atoms with E-state index in [4.69, 9.17) is 23.2 Å². The zero-order valence-corrected chi connectivity index (χ0v) is 16.8. The van der Waals surface area contributed by atoms with Gasteiger partial charge in [-0.05, 0) is 24.6 Å². The van der Waals surface area contributed by atoms with E-state index in [1.165, 1.54) is 0 Å². The molecule has 0 bridgehead atoms. The molecule has 0 fully saturated rings. The average molecular weight is 417 g/mol. The minimum atomic E-state index is -0.402. The van der Waals surface area contributed by atoms with E-state index in [9.17, 15) is 4.79 Å². The van der Waals surface area contributed by atoms with Crippen molar-refractivity contribution < 1.29 is 4.79 Å². The molecule has 1 aromatic carbocycles. The molecule has 28 heavy (non-hydrogen) atoms. The van der Waals surface area contributed by atoms with Crippen LogP contribution in [-0.2, 0) is 6.42 Å². The van der Waals surface area contributed by atoms with Gasteiger partial charge in [0, 0.05) is 36.8 Å². The molecule has 0 unspecified atom stereocenters. The summed E-state index contributed by atoms with van der Waals surface area (Å²) < 4.78 is 0. The second-order valence-electron chi connectivity index (χ2n) is 5.78. The molecule has 0 aliphatic heterocycles. The molecule has 2 heterocycles. The molecule has 3 aromatic rings. The maximum absolute atomic E-state index is 12.5. The highest BCUT2D eigenvalue weighted by atomic mass is 35.5. The van der Waals surface area contributed by atoms with Crippen molar-refractivity contribution in [3.63, 3.8) is 0 Å². The van der Waals surface area contributed by atoms with E-state index >= 15 is 0 Å². The fraction of sp³-hybridized carbons (Fsp3) is 0.158. The first-order valence-corrected chi connectivity index (χ1v) is 9.30. The van der Waals surface area contributed by atoms with Gasteiger partial charge in [-0.25, -0.2) is 9.97 Å². The van der Waals surface area contributed by atoms with E-state index in [0.29, 0.717) is 23.3 Å². The summed E-state index contributed by atoms with van der Waals surface area (Å²) in [5.41, 5.74) is 1.65. The van der Waals surface area contributed by atoms with Crippen LogP contribution in [0.3, 0.4) is 0 Å². The highest BCUT2D eigenvalue weighted by molar-refractivity contribution is 6.40. The van der Waals surface area contributed by atoms with Gasteiger partial charge in [0.2, 0.25) is 5.95 Å². The molecule has 0 aliphatic carbocycles. The SMILES string of the molecule is CCc1cc(Nc2cc(NC(=O)c3c(Cl)cccc3Cl)ccn2)nc(NC)n1. The summed E-state index contributed by atoms with van der Waals surface area (Å²) in [6.45, 7) is 2.01. The molecule has 9 heteroatoms. The average Bonchev–Trinajstić information content (AvgIpc) is 2.67. The summed E-state index contributed by atoms with van der Waals surface area (Å²) in [6, 6.07) is 10.1. The molecule has 0 aliphatic rings. The molecule has 3 N–H and O–H groups in total. The maximum Gasteiger partial charge on any atom is 0.258 e. The maximum atomic E-state index is 12.5. The zero-order valence-electron chi connectivity index (χ0n) is 15.3. The van der Waals surface area contributed by atoms with E-state index in [1.807, 2.05) is 13.0 Å². The third-order valence-corrected chi connectivity index (χ3v) is 4.46. The largest absolute Gasteiger partial charge is 0.357 e. The van der Waals surface area contributed by atoms with Gasteiger partial charge < -0.3 is 16.0 Å². The van der Waals surface area contributed by atoms with Crippen LogP contribution in [0.1, 0.15) is 23.0 Å². The number of halogens is 2. The molecule has 144 valence electrons. The van der Waals surface area contributed by atoms with Crippen LogP contribution in [0.4, 0.5) is 23.3 Å². The first-order chi connectivity index (χ1) is 13.5. The molecule has 0 atom stereocenters. The minimum Gasteiger partial charge on any atom is -0.357 e. The van der Waals surface area contributed by atoms with E-state index in [0.717, 1.165) is 12.1 Å². The second-order valence-corrected chi connectivity index (χ2v) is 6.59.